The lowest BCUT2D eigenvalue weighted by atomic mass is 10.2. The average Bonchev–Trinajstić information content (AvgIpc) is 2.93. The molecular weight excluding hydrogens is 246 g/mol. The van der Waals surface area contributed by atoms with E-state index in [1.165, 1.54) is 0 Å². The third kappa shape index (κ3) is 1.77. The zero-order valence-electron chi connectivity index (χ0n) is 10.2. The van der Waals surface area contributed by atoms with Crippen molar-refractivity contribution in [3.63, 3.8) is 0 Å². The summed E-state index contributed by atoms with van der Waals surface area (Å²) in [6.07, 6.45) is 6.04. The number of hydrogen-bond donors (Lipinski definition) is 1. The first-order valence-electron chi connectivity index (χ1n) is 5.87. The van der Waals surface area contributed by atoms with E-state index >= 15 is 0 Å². The summed E-state index contributed by atoms with van der Waals surface area (Å²) in [4.78, 5) is 31.4. The molecule has 1 saturated heterocycles. The number of aromatic nitrogens is 2. The number of rotatable bonds is 2. The van der Waals surface area contributed by atoms with Gasteiger partial charge in [-0.1, -0.05) is 0 Å². The third-order valence-corrected chi connectivity index (χ3v) is 2.99. The summed E-state index contributed by atoms with van der Waals surface area (Å²) in [5, 5.41) is 0.918. The van der Waals surface area contributed by atoms with Crippen LogP contribution in [0.4, 0.5) is 4.79 Å². The minimum absolute atomic E-state index is 0.0459. The number of pyridine rings is 1. The molecule has 2 amide bonds. The van der Waals surface area contributed by atoms with Gasteiger partial charge < -0.3 is 9.72 Å². The highest BCUT2D eigenvalue weighted by atomic mass is 16.6. The van der Waals surface area contributed by atoms with E-state index in [4.69, 9.17) is 4.74 Å². The molecule has 2 aromatic rings. The average molecular weight is 257 g/mol. The first-order chi connectivity index (χ1) is 9.20. The van der Waals surface area contributed by atoms with Crippen LogP contribution in [-0.4, -0.2) is 33.4 Å². The van der Waals surface area contributed by atoms with Gasteiger partial charge in [-0.25, -0.2) is 9.69 Å². The van der Waals surface area contributed by atoms with Crippen LogP contribution in [0.5, 0.6) is 0 Å². The molecule has 0 radical (unpaired) electrons. The molecule has 0 bridgehead atoms. The van der Waals surface area contributed by atoms with Gasteiger partial charge in [0.25, 0.3) is 5.91 Å². The molecule has 2 aromatic heterocycles. The highest BCUT2D eigenvalue weighted by Crippen LogP contribution is 2.23. The van der Waals surface area contributed by atoms with E-state index in [0.29, 0.717) is 6.54 Å². The largest absolute Gasteiger partial charge is 0.422 e. The van der Waals surface area contributed by atoms with Crippen molar-refractivity contribution in [2.24, 2.45) is 0 Å². The van der Waals surface area contributed by atoms with E-state index in [9.17, 15) is 9.59 Å². The van der Waals surface area contributed by atoms with Gasteiger partial charge in [0.1, 0.15) is 0 Å². The molecule has 0 aliphatic carbocycles. The van der Waals surface area contributed by atoms with Crippen molar-refractivity contribution >= 4 is 29.0 Å². The number of H-pyrrole nitrogens is 1. The lowest BCUT2D eigenvalue weighted by molar-refractivity contribution is -0.123. The summed E-state index contributed by atoms with van der Waals surface area (Å²) in [6.45, 7) is 2.02. The Morgan fingerprint density at radius 2 is 2.32 bits per heavy atom. The van der Waals surface area contributed by atoms with Crippen molar-refractivity contribution < 1.29 is 14.3 Å². The highest BCUT2D eigenvalue weighted by molar-refractivity contribution is 6.10. The number of hydrogen-bond acceptors (Lipinski definition) is 4. The predicted octanol–water partition coefficient (Wildman–Crippen LogP) is 1.90. The third-order valence-electron chi connectivity index (χ3n) is 2.99. The molecule has 0 aromatic carbocycles. The second kappa shape index (κ2) is 4.24. The van der Waals surface area contributed by atoms with Crippen LogP contribution in [0.25, 0.3) is 17.0 Å². The van der Waals surface area contributed by atoms with Crippen molar-refractivity contribution in [2.75, 3.05) is 6.54 Å². The van der Waals surface area contributed by atoms with E-state index in [-0.39, 0.29) is 5.76 Å². The zero-order chi connectivity index (χ0) is 13.4. The first-order valence-corrected chi connectivity index (χ1v) is 5.87. The molecule has 0 unspecified atom stereocenters. The Labute approximate surface area is 108 Å². The molecule has 0 atom stereocenters. The molecule has 0 saturated carbocycles. The minimum atomic E-state index is -0.625. The second-order valence-electron chi connectivity index (χ2n) is 4.09. The highest BCUT2D eigenvalue weighted by Gasteiger charge is 2.35. The molecule has 1 aliphatic rings. The fourth-order valence-corrected chi connectivity index (χ4v) is 2.03. The molecule has 1 N–H and O–H groups in total. The van der Waals surface area contributed by atoms with Crippen molar-refractivity contribution in [3.05, 3.63) is 36.0 Å². The second-order valence-corrected chi connectivity index (χ2v) is 4.09. The summed E-state index contributed by atoms with van der Waals surface area (Å²) in [5.74, 6) is -0.361. The number of carbonyl (C=O) groups excluding carboxylic acids is 2. The molecule has 96 valence electrons. The Balaban J connectivity index is 2.03. The van der Waals surface area contributed by atoms with Crippen LogP contribution in [0, 0.1) is 0 Å². The van der Waals surface area contributed by atoms with E-state index in [1.807, 2.05) is 6.07 Å². The Morgan fingerprint density at radius 1 is 1.47 bits per heavy atom. The molecule has 3 rings (SSSR count). The summed E-state index contributed by atoms with van der Waals surface area (Å²) < 4.78 is 4.97. The minimum Gasteiger partial charge on any atom is -0.404 e. The van der Waals surface area contributed by atoms with Crippen LogP contribution in [0.3, 0.4) is 0 Å². The van der Waals surface area contributed by atoms with Gasteiger partial charge in [0.2, 0.25) is 0 Å². The first kappa shape index (κ1) is 11.5. The SMILES string of the molecule is CCN1C(=O)O/C(=C\c2c[nH]c3cnccc23)C1=O. The maximum absolute atomic E-state index is 11.9. The molecule has 1 fully saturated rings. The van der Waals surface area contributed by atoms with Gasteiger partial charge >= 0.3 is 6.09 Å². The number of imide groups is 1. The van der Waals surface area contributed by atoms with Gasteiger partial charge in [-0.3, -0.25) is 9.78 Å². The Bertz CT molecular complexity index is 702. The Kier molecular flexibility index (Phi) is 2.56. The number of nitrogens with zero attached hydrogens (tertiary/aromatic N) is 2. The van der Waals surface area contributed by atoms with E-state index < -0.39 is 12.0 Å². The Morgan fingerprint density at radius 3 is 3.05 bits per heavy atom. The van der Waals surface area contributed by atoms with Crippen molar-refractivity contribution in [3.8, 4) is 0 Å². The van der Waals surface area contributed by atoms with Crippen molar-refractivity contribution in [2.45, 2.75) is 6.92 Å². The fourth-order valence-electron chi connectivity index (χ4n) is 2.03. The summed E-state index contributed by atoms with van der Waals surface area (Å²) in [5.41, 5.74) is 1.64. The van der Waals surface area contributed by atoms with Gasteiger partial charge in [-0.05, 0) is 19.1 Å². The number of ether oxygens (including phenoxy) is 1. The van der Waals surface area contributed by atoms with Crippen LogP contribution in [-0.2, 0) is 9.53 Å². The van der Waals surface area contributed by atoms with Gasteiger partial charge in [0, 0.05) is 29.9 Å². The lowest BCUT2D eigenvalue weighted by Crippen LogP contribution is -2.28. The summed E-state index contributed by atoms with van der Waals surface area (Å²) in [7, 11) is 0. The smallest absolute Gasteiger partial charge is 0.404 e. The monoisotopic (exact) mass is 257 g/mol. The van der Waals surface area contributed by atoms with E-state index in [0.717, 1.165) is 21.4 Å². The molecule has 6 nitrogen and oxygen atoms in total. The normalized spacial score (nSPS) is 17.5. The van der Waals surface area contributed by atoms with Crippen LogP contribution in [0.2, 0.25) is 0 Å². The zero-order valence-corrected chi connectivity index (χ0v) is 10.2. The molecule has 0 spiro atoms. The number of nitrogens with one attached hydrogen (secondary N) is 1. The summed E-state index contributed by atoms with van der Waals surface area (Å²) >= 11 is 0. The topological polar surface area (TPSA) is 75.3 Å². The van der Waals surface area contributed by atoms with E-state index in [2.05, 4.69) is 9.97 Å². The van der Waals surface area contributed by atoms with Gasteiger partial charge in [0.15, 0.2) is 5.76 Å². The number of fused-ring (bicyclic) bond motifs is 1. The van der Waals surface area contributed by atoms with Gasteiger partial charge in [0.05, 0.1) is 11.7 Å². The molecule has 3 heterocycles. The molecular formula is C13H11N3O3. The number of cyclic esters (lactones) is 1. The number of amides is 2. The van der Waals surface area contributed by atoms with Crippen LogP contribution in [0.15, 0.2) is 30.4 Å². The lowest BCUT2D eigenvalue weighted by Gasteiger charge is -2.03. The maximum atomic E-state index is 11.9. The van der Waals surface area contributed by atoms with Crippen molar-refractivity contribution in [1.29, 1.82) is 0 Å². The fraction of sp³-hybridized carbons (Fsp3) is 0.154. The molecule has 1 aliphatic heterocycles. The van der Waals surface area contributed by atoms with Crippen molar-refractivity contribution in [1.82, 2.24) is 14.9 Å². The number of likely N-dealkylation sites (N-methyl/N-ethyl adjacent to an activating group) is 1. The summed E-state index contributed by atoms with van der Waals surface area (Å²) in [6, 6.07) is 1.83. The van der Waals surface area contributed by atoms with Crippen LogP contribution >= 0.6 is 0 Å². The van der Waals surface area contributed by atoms with Crippen LogP contribution in [0.1, 0.15) is 12.5 Å². The maximum Gasteiger partial charge on any atom is 0.422 e. The number of aromatic amines is 1. The predicted molar refractivity (Wildman–Crippen MR) is 67.9 cm³/mol. The standard InChI is InChI=1S/C13H11N3O3/c1-2-16-12(17)11(19-13(16)18)5-8-6-15-10-7-14-4-3-9(8)10/h3-7,15H,2H2,1H3/b11-5-. The van der Waals surface area contributed by atoms with E-state index in [1.54, 1.807) is 31.6 Å². The van der Waals surface area contributed by atoms with Gasteiger partial charge in [-0.15, -0.1) is 0 Å². The van der Waals surface area contributed by atoms with Crippen LogP contribution < -0.4 is 0 Å². The quantitative estimate of drug-likeness (QED) is 0.834. The molecule has 19 heavy (non-hydrogen) atoms. The molecule has 6 heteroatoms. The number of carbonyl (C=O) groups is 2. The Hall–Kier alpha value is -2.63. The van der Waals surface area contributed by atoms with Gasteiger partial charge in [-0.2, -0.15) is 0 Å².